The normalized spacial score (nSPS) is 19.5. The molecule has 5 nitrogen and oxygen atoms in total. The van der Waals surface area contributed by atoms with E-state index in [-0.39, 0.29) is 5.91 Å². The number of likely N-dealkylation sites (tertiary alicyclic amines) is 1. The summed E-state index contributed by atoms with van der Waals surface area (Å²) in [5.74, 6) is 0.254. The fourth-order valence-electron chi connectivity index (χ4n) is 4.30. The highest BCUT2D eigenvalue weighted by molar-refractivity contribution is 5.95. The van der Waals surface area contributed by atoms with Gasteiger partial charge in [0.2, 0.25) is 5.91 Å². The van der Waals surface area contributed by atoms with Crippen LogP contribution < -0.4 is 4.90 Å². The first kappa shape index (κ1) is 17.3. The summed E-state index contributed by atoms with van der Waals surface area (Å²) < 4.78 is 2.22. The number of aromatic nitrogens is 2. The van der Waals surface area contributed by atoms with E-state index in [1.165, 1.54) is 11.3 Å². The highest BCUT2D eigenvalue weighted by Gasteiger charge is 2.23. The molecule has 0 atom stereocenters. The van der Waals surface area contributed by atoms with Gasteiger partial charge in [-0.15, -0.1) is 0 Å². The molecule has 2 aromatic rings. The fraction of sp³-hybridized carbons (Fsp3) is 0.524. The Labute approximate surface area is 155 Å². The van der Waals surface area contributed by atoms with Crippen molar-refractivity contribution in [1.82, 2.24) is 14.7 Å². The molecule has 0 radical (unpaired) electrons. The molecule has 0 saturated carbocycles. The molecule has 1 aromatic carbocycles. The summed E-state index contributed by atoms with van der Waals surface area (Å²) in [5.41, 5.74) is 4.75. The summed E-state index contributed by atoms with van der Waals surface area (Å²) in [6.07, 6.45) is 3.97. The first-order chi connectivity index (χ1) is 12.6. The summed E-state index contributed by atoms with van der Waals surface area (Å²) in [4.78, 5) is 16.3. The van der Waals surface area contributed by atoms with Gasteiger partial charge in [-0.25, -0.2) is 0 Å². The second-order valence-corrected chi connectivity index (χ2v) is 7.69. The molecule has 1 aromatic heterocycles. The molecular formula is C21H28N4O. The van der Waals surface area contributed by atoms with Crippen LogP contribution in [0.4, 0.5) is 5.69 Å². The van der Waals surface area contributed by atoms with Crippen molar-refractivity contribution in [3.63, 3.8) is 0 Å². The highest BCUT2D eigenvalue weighted by Crippen LogP contribution is 2.26. The van der Waals surface area contributed by atoms with Crippen LogP contribution in [0.1, 0.15) is 48.7 Å². The quantitative estimate of drug-likeness (QED) is 0.846. The molecule has 1 amide bonds. The minimum Gasteiger partial charge on any atom is -0.312 e. The largest absolute Gasteiger partial charge is 0.312 e. The van der Waals surface area contributed by atoms with Crippen LogP contribution in [0.3, 0.4) is 0 Å². The second-order valence-electron chi connectivity index (χ2n) is 7.69. The van der Waals surface area contributed by atoms with Crippen LogP contribution in [0.15, 0.2) is 30.3 Å². The lowest BCUT2D eigenvalue weighted by molar-refractivity contribution is -0.117. The number of benzene rings is 1. The summed E-state index contributed by atoms with van der Waals surface area (Å²) in [6, 6.07) is 11.2. The number of anilines is 1. The monoisotopic (exact) mass is 352 g/mol. The first-order valence-electron chi connectivity index (χ1n) is 9.74. The predicted octanol–water partition coefficient (Wildman–Crippen LogP) is 3.46. The van der Waals surface area contributed by atoms with Crippen molar-refractivity contribution in [2.24, 2.45) is 0 Å². The van der Waals surface area contributed by atoms with E-state index in [9.17, 15) is 4.79 Å². The number of hydrogen-bond acceptors (Lipinski definition) is 3. The van der Waals surface area contributed by atoms with Crippen LogP contribution in [0.25, 0.3) is 0 Å². The Morgan fingerprint density at radius 1 is 1.08 bits per heavy atom. The number of carbonyl (C=O) groups excluding carboxylic acids is 1. The van der Waals surface area contributed by atoms with Crippen molar-refractivity contribution in [1.29, 1.82) is 0 Å². The number of nitrogens with zero attached hydrogens (tertiary/aromatic N) is 4. The van der Waals surface area contributed by atoms with E-state index in [1.54, 1.807) is 0 Å². The molecular weight excluding hydrogens is 324 g/mol. The van der Waals surface area contributed by atoms with Crippen LogP contribution in [0.2, 0.25) is 0 Å². The zero-order valence-electron chi connectivity index (χ0n) is 15.8. The van der Waals surface area contributed by atoms with Gasteiger partial charge in [0.15, 0.2) is 0 Å². The van der Waals surface area contributed by atoms with Gasteiger partial charge in [0, 0.05) is 44.0 Å². The van der Waals surface area contributed by atoms with E-state index in [0.29, 0.717) is 12.5 Å². The topological polar surface area (TPSA) is 41.4 Å². The summed E-state index contributed by atoms with van der Waals surface area (Å²) >= 11 is 0. The van der Waals surface area contributed by atoms with Crippen LogP contribution in [-0.2, 0) is 11.3 Å². The van der Waals surface area contributed by atoms with Gasteiger partial charge >= 0.3 is 0 Å². The summed E-state index contributed by atoms with van der Waals surface area (Å²) in [7, 11) is 0. The molecule has 0 bridgehead atoms. The number of aryl methyl sites for hydroxylation is 2. The smallest absolute Gasteiger partial charge is 0.227 e. The third-order valence-electron chi connectivity index (χ3n) is 5.68. The lowest BCUT2D eigenvalue weighted by Crippen LogP contribution is -2.34. The Morgan fingerprint density at radius 2 is 1.81 bits per heavy atom. The van der Waals surface area contributed by atoms with Gasteiger partial charge in [0.05, 0.1) is 11.7 Å². The van der Waals surface area contributed by atoms with Crippen molar-refractivity contribution >= 4 is 11.6 Å². The zero-order chi connectivity index (χ0) is 18.1. The SMILES string of the molecule is Cc1cc(C)n(C2CCN(Cc3ccc(N4CCCC4=O)cc3)CC2)n1. The average Bonchev–Trinajstić information content (AvgIpc) is 3.21. The van der Waals surface area contributed by atoms with E-state index in [0.717, 1.165) is 56.8 Å². The molecule has 2 aliphatic heterocycles. The Bertz CT molecular complexity index is 772. The number of hydrogen-bond donors (Lipinski definition) is 0. The third kappa shape index (κ3) is 3.54. The predicted molar refractivity (Wildman–Crippen MR) is 103 cm³/mol. The van der Waals surface area contributed by atoms with Gasteiger partial charge in [-0.05, 0) is 56.9 Å². The molecule has 3 heterocycles. The molecule has 4 rings (SSSR count). The maximum Gasteiger partial charge on any atom is 0.227 e. The molecule has 5 heteroatoms. The number of rotatable bonds is 4. The highest BCUT2D eigenvalue weighted by atomic mass is 16.2. The molecule has 2 aliphatic rings. The maximum atomic E-state index is 11.9. The molecule has 26 heavy (non-hydrogen) atoms. The van der Waals surface area contributed by atoms with Crippen LogP contribution >= 0.6 is 0 Å². The Morgan fingerprint density at radius 3 is 2.38 bits per heavy atom. The molecule has 0 N–H and O–H groups in total. The Kier molecular flexibility index (Phi) is 4.81. The number of amides is 1. The third-order valence-corrected chi connectivity index (χ3v) is 5.68. The number of piperidine rings is 1. The van der Waals surface area contributed by atoms with Crippen LogP contribution in [0.5, 0.6) is 0 Å². The van der Waals surface area contributed by atoms with Crippen molar-refractivity contribution in [2.45, 2.75) is 52.1 Å². The average molecular weight is 352 g/mol. The van der Waals surface area contributed by atoms with Crippen molar-refractivity contribution < 1.29 is 4.79 Å². The minimum atomic E-state index is 0.254. The molecule has 0 unspecified atom stereocenters. The van der Waals surface area contributed by atoms with E-state index in [2.05, 4.69) is 58.9 Å². The second kappa shape index (κ2) is 7.23. The van der Waals surface area contributed by atoms with Crippen molar-refractivity contribution in [2.75, 3.05) is 24.5 Å². The molecule has 2 saturated heterocycles. The first-order valence-corrected chi connectivity index (χ1v) is 9.74. The van der Waals surface area contributed by atoms with Gasteiger partial charge < -0.3 is 4.90 Å². The molecule has 138 valence electrons. The van der Waals surface area contributed by atoms with Crippen molar-refractivity contribution in [3.8, 4) is 0 Å². The van der Waals surface area contributed by atoms with Gasteiger partial charge in [0.1, 0.15) is 0 Å². The summed E-state index contributed by atoms with van der Waals surface area (Å²) in [5, 5.41) is 4.66. The van der Waals surface area contributed by atoms with Crippen LogP contribution in [-0.4, -0.2) is 40.2 Å². The van der Waals surface area contributed by atoms with Gasteiger partial charge in [-0.3, -0.25) is 14.4 Å². The lowest BCUT2D eigenvalue weighted by atomic mass is 10.0. The van der Waals surface area contributed by atoms with Gasteiger partial charge in [-0.2, -0.15) is 5.10 Å². The van der Waals surface area contributed by atoms with E-state index in [4.69, 9.17) is 0 Å². The van der Waals surface area contributed by atoms with Crippen LogP contribution in [0, 0.1) is 13.8 Å². The number of carbonyl (C=O) groups is 1. The van der Waals surface area contributed by atoms with Gasteiger partial charge in [0.25, 0.3) is 0 Å². The maximum absolute atomic E-state index is 11.9. The van der Waals surface area contributed by atoms with E-state index in [1.807, 2.05) is 4.90 Å². The Balaban J connectivity index is 1.33. The summed E-state index contributed by atoms with van der Waals surface area (Å²) in [6.45, 7) is 8.28. The van der Waals surface area contributed by atoms with E-state index < -0.39 is 0 Å². The lowest BCUT2D eigenvalue weighted by Gasteiger charge is -2.32. The fourth-order valence-corrected chi connectivity index (χ4v) is 4.30. The zero-order valence-corrected chi connectivity index (χ0v) is 15.8. The van der Waals surface area contributed by atoms with Gasteiger partial charge in [-0.1, -0.05) is 12.1 Å². The molecule has 0 spiro atoms. The minimum absolute atomic E-state index is 0.254. The standard InChI is InChI=1S/C21H28N4O/c1-16-14-17(2)25(22-16)20-9-12-23(13-10-20)15-18-5-7-19(8-6-18)24-11-3-4-21(24)26/h5-8,14,20H,3-4,9-13,15H2,1-2H3. The van der Waals surface area contributed by atoms with Crippen molar-refractivity contribution in [3.05, 3.63) is 47.3 Å². The molecule has 2 fully saturated rings. The van der Waals surface area contributed by atoms with E-state index >= 15 is 0 Å². The Hall–Kier alpha value is -2.14. The molecule has 0 aliphatic carbocycles.